The first kappa shape index (κ1) is 18.6. The van der Waals surface area contributed by atoms with Crippen LogP contribution in [0.3, 0.4) is 0 Å². The summed E-state index contributed by atoms with van der Waals surface area (Å²) >= 11 is 0. The van der Waals surface area contributed by atoms with Crippen LogP contribution in [0.5, 0.6) is 0 Å². The molecule has 0 aliphatic heterocycles. The van der Waals surface area contributed by atoms with E-state index in [-0.39, 0.29) is 30.2 Å². The smallest absolute Gasteiger partial charge is 0.416 e. The zero-order valence-electron chi connectivity index (χ0n) is 13.6. The van der Waals surface area contributed by atoms with Crippen LogP contribution >= 0.6 is 0 Å². The molecular formula is C17H16F3NO4. The molecule has 0 saturated carbocycles. The van der Waals surface area contributed by atoms with Gasteiger partial charge in [0.15, 0.2) is 5.76 Å². The summed E-state index contributed by atoms with van der Waals surface area (Å²) in [6, 6.07) is 7.35. The summed E-state index contributed by atoms with van der Waals surface area (Å²) in [5.41, 5.74) is -0.615. The molecule has 0 atom stereocenters. The number of alkyl halides is 3. The topological polar surface area (TPSA) is 59.8 Å². The Morgan fingerprint density at radius 2 is 1.92 bits per heavy atom. The van der Waals surface area contributed by atoms with Crippen molar-refractivity contribution >= 4 is 11.9 Å². The Hall–Kier alpha value is -2.77. The number of nitrogens with zero attached hydrogens (tertiary/aromatic N) is 1. The number of esters is 1. The Balaban J connectivity index is 2.17. The predicted octanol–water partition coefficient (Wildman–Crippen LogP) is 3.60. The average Bonchev–Trinajstić information content (AvgIpc) is 3.03. The lowest BCUT2D eigenvalue weighted by Crippen LogP contribution is -2.32. The highest BCUT2D eigenvalue weighted by Crippen LogP contribution is 2.32. The molecular weight excluding hydrogens is 339 g/mol. The number of halogens is 3. The van der Waals surface area contributed by atoms with Gasteiger partial charge in [0, 0.05) is 12.6 Å². The molecule has 0 saturated heterocycles. The van der Waals surface area contributed by atoms with Gasteiger partial charge in [-0.1, -0.05) is 12.1 Å². The zero-order chi connectivity index (χ0) is 18.6. The van der Waals surface area contributed by atoms with Crippen LogP contribution in [-0.4, -0.2) is 37.0 Å². The number of furan rings is 1. The van der Waals surface area contributed by atoms with Gasteiger partial charge in [-0.25, -0.2) is 0 Å². The highest BCUT2D eigenvalue weighted by Gasteiger charge is 2.30. The van der Waals surface area contributed by atoms with E-state index in [0.717, 1.165) is 17.0 Å². The van der Waals surface area contributed by atoms with Gasteiger partial charge >= 0.3 is 12.1 Å². The Bertz CT molecular complexity index is 767. The van der Waals surface area contributed by atoms with Crippen molar-refractivity contribution in [2.45, 2.75) is 13.1 Å². The second-order valence-electron chi connectivity index (χ2n) is 5.21. The number of carbonyl (C=O) groups excluding carboxylic acids is 2. The van der Waals surface area contributed by atoms with E-state index in [1.807, 2.05) is 0 Å². The van der Waals surface area contributed by atoms with Gasteiger partial charge in [-0.2, -0.15) is 13.2 Å². The van der Waals surface area contributed by atoms with E-state index >= 15 is 0 Å². The Labute approximate surface area is 142 Å². The molecule has 0 unspecified atom stereocenters. The van der Waals surface area contributed by atoms with Gasteiger partial charge in [-0.15, -0.1) is 0 Å². The van der Waals surface area contributed by atoms with Crippen molar-refractivity contribution in [1.29, 1.82) is 0 Å². The lowest BCUT2D eigenvalue weighted by molar-refractivity contribution is -0.143. The van der Waals surface area contributed by atoms with Gasteiger partial charge in [0.25, 0.3) is 5.91 Å². The van der Waals surface area contributed by atoms with Crippen LogP contribution in [0.25, 0.3) is 11.3 Å². The van der Waals surface area contributed by atoms with E-state index < -0.39 is 23.6 Å². The van der Waals surface area contributed by atoms with Crippen LogP contribution in [0.1, 0.15) is 23.0 Å². The van der Waals surface area contributed by atoms with Gasteiger partial charge in [0.05, 0.1) is 12.2 Å². The average molecular weight is 355 g/mol. The van der Waals surface area contributed by atoms with E-state index in [2.05, 4.69) is 0 Å². The first-order valence-corrected chi connectivity index (χ1v) is 7.41. The maximum atomic E-state index is 12.8. The number of ether oxygens (including phenoxy) is 1. The summed E-state index contributed by atoms with van der Waals surface area (Å²) in [4.78, 5) is 24.7. The molecule has 0 N–H and O–H groups in total. The second-order valence-corrected chi connectivity index (χ2v) is 5.21. The molecule has 1 aromatic heterocycles. The predicted molar refractivity (Wildman–Crippen MR) is 82.7 cm³/mol. The van der Waals surface area contributed by atoms with Crippen molar-refractivity contribution < 1.29 is 31.9 Å². The number of benzene rings is 1. The van der Waals surface area contributed by atoms with Crippen molar-refractivity contribution in [3.63, 3.8) is 0 Å². The fourth-order valence-corrected chi connectivity index (χ4v) is 2.12. The van der Waals surface area contributed by atoms with E-state index in [0.29, 0.717) is 0 Å². The van der Waals surface area contributed by atoms with Crippen molar-refractivity contribution in [1.82, 2.24) is 4.90 Å². The monoisotopic (exact) mass is 355 g/mol. The lowest BCUT2D eigenvalue weighted by Gasteiger charge is -2.14. The largest absolute Gasteiger partial charge is 0.465 e. The van der Waals surface area contributed by atoms with Crippen molar-refractivity contribution in [3.8, 4) is 11.3 Å². The molecule has 2 aromatic rings. The van der Waals surface area contributed by atoms with Crippen LogP contribution in [0.15, 0.2) is 40.8 Å². The van der Waals surface area contributed by atoms with Gasteiger partial charge in [-0.05, 0) is 31.2 Å². The first-order valence-electron chi connectivity index (χ1n) is 7.41. The Morgan fingerprint density at radius 1 is 1.20 bits per heavy atom. The minimum absolute atomic E-state index is 0.0841. The quantitative estimate of drug-likeness (QED) is 0.769. The highest BCUT2D eigenvalue weighted by atomic mass is 19.4. The number of hydrogen-bond acceptors (Lipinski definition) is 4. The Kier molecular flexibility index (Phi) is 5.51. The standard InChI is InChI=1S/C17H16F3NO4/c1-3-24-15(22)10-21(2)16(23)14-8-7-13(25-14)11-5-4-6-12(9-11)17(18,19)20/h4-9H,3,10H2,1-2H3. The molecule has 0 fully saturated rings. The molecule has 1 amide bonds. The van der Waals surface area contributed by atoms with E-state index in [9.17, 15) is 22.8 Å². The SMILES string of the molecule is CCOC(=O)CN(C)C(=O)c1ccc(-c2cccc(C(F)(F)F)c2)o1. The number of hydrogen-bond donors (Lipinski definition) is 0. The van der Waals surface area contributed by atoms with E-state index in [1.54, 1.807) is 6.92 Å². The molecule has 0 bridgehead atoms. The van der Waals surface area contributed by atoms with Crippen molar-refractivity contribution in [2.24, 2.45) is 0 Å². The summed E-state index contributed by atoms with van der Waals surface area (Å²) in [6.07, 6.45) is -4.47. The molecule has 25 heavy (non-hydrogen) atoms. The lowest BCUT2D eigenvalue weighted by atomic mass is 10.1. The van der Waals surface area contributed by atoms with Gasteiger partial charge in [0.2, 0.25) is 0 Å². The molecule has 8 heteroatoms. The summed E-state index contributed by atoms with van der Waals surface area (Å²) < 4.78 is 48.4. The van der Waals surface area contributed by atoms with Gasteiger partial charge in [-0.3, -0.25) is 9.59 Å². The fourth-order valence-electron chi connectivity index (χ4n) is 2.12. The molecule has 5 nitrogen and oxygen atoms in total. The zero-order valence-corrected chi connectivity index (χ0v) is 13.6. The molecule has 0 radical (unpaired) electrons. The fraction of sp³-hybridized carbons (Fsp3) is 0.294. The molecule has 0 spiro atoms. The summed E-state index contributed by atoms with van der Waals surface area (Å²) in [7, 11) is 1.39. The van der Waals surface area contributed by atoms with E-state index in [4.69, 9.17) is 9.15 Å². The Morgan fingerprint density at radius 3 is 2.56 bits per heavy atom. The number of rotatable bonds is 5. The second kappa shape index (κ2) is 7.42. The van der Waals surface area contributed by atoms with Gasteiger partial charge in [0.1, 0.15) is 12.3 Å². The van der Waals surface area contributed by atoms with Crippen LogP contribution < -0.4 is 0 Å². The molecule has 134 valence electrons. The van der Waals surface area contributed by atoms with E-state index in [1.165, 1.54) is 31.3 Å². The molecule has 1 heterocycles. The van der Waals surface area contributed by atoms with Crippen LogP contribution in [-0.2, 0) is 15.7 Å². The number of carbonyl (C=O) groups is 2. The molecule has 1 aromatic carbocycles. The third-order valence-electron chi connectivity index (χ3n) is 3.31. The summed E-state index contributed by atoms with van der Waals surface area (Å²) in [5.74, 6) is -1.10. The third-order valence-corrected chi connectivity index (χ3v) is 3.31. The maximum Gasteiger partial charge on any atom is 0.416 e. The maximum absolute atomic E-state index is 12.8. The van der Waals surface area contributed by atoms with Crippen LogP contribution in [0.2, 0.25) is 0 Å². The van der Waals surface area contributed by atoms with Crippen LogP contribution in [0.4, 0.5) is 13.2 Å². The van der Waals surface area contributed by atoms with Crippen molar-refractivity contribution in [2.75, 3.05) is 20.2 Å². The minimum atomic E-state index is -4.47. The molecule has 2 rings (SSSR count). The molecule has 0 aliphatic rings. The third kappa shape index (κ3) is 4.62. The highest BCUT2D eigenvalue weighted by molar-refractivity contribution is 5.93. The minimum Gasteiger partial charge on any atom is -0.465 e. The molecule has 0 aliphatic carbocycles. The summed E-state index contributed by atoms with van der Waals surface area (Å²) in [6.45, 7) is 1.58. The number of amides is 1. The normalized spacial score (nSPS) is 11.2. The summed E-state index contributed by atoms with van der Waals surface area (Å²) in [5, 5.41) is 0. The van der Waals surface area contributed by atoms with Crippen LogP contribution in [0, 0.1) is 0 Å². The van der Waals surface area contributed by atoms with Gasteiger partial charge < -0.3 is 14.1 Å². The first-order chi connectivity index (χ1) is 11.7. The van der Waals surface area contributed by atoms with Crippen molar-refractivity contribution in [3.05, 3.63) is 47.7 Å². The number of likely N-dealkylation sites (N-methyl/N-ethyl adjacent to an activating group) is 1.